The molecule has 19 heavy (non-hydrogen) atoms. The number of fused-ring (bicyclic) bond motifs is 1. The van der Waals surface area contributed by atoms with Gasteiger partial charge in [0.2, 0.25) is 0 Å². The number of halogens is 4. The number of aromatic nitrogens is 1. The zero-order valence-electron chi connectivity index (χ0n) is 9.12. The molecular formula is C10H6ClF3N2O2S. The third-order valence-electron chi connectivity index (χ3n) is 1.93. The molecule has 0 aliphatic carbocycles. The molecule has 0 bridgehead atoms. The average Bonchev–Trinajstić information content (AvgIpc) is 2.66. The lowest BCUT2D eigenvalue weighted by atomic mass is 10.3. The Kier molecular flexibility index (Phi) is 3.81. The fourth-order valence-corrected chi connectivity index (χ4v) is 2.35. The Balaban J connectivity index is 2.03. The van der Waals surface area contributed by atoms with Crippen LogP contribution >= 0.6 is 22.9 Å². The first-order valence-electron chi connectivity index (χ1n) is 4.90. The molecule has 1 aromatic carbocycles. The zero-order chi connectivity index (χ0) is 14.0. The standard InChI is InChI=1S/C10H6ClF3N2O2S/c11-5-1-2-6-7(3-5)19-8(15-6)16-9(17)18-4-10(12,13)14/h1-3H,4H2,(H,15,16,17). The molecule has 0 fully saturated rings. The van der Waals surface area contributed by atoms with Gasteiger partial charge in [-0.3, -0.25) is 5.32 Å². The van der Waals surface area contributed by atoms with Gasteiger partial charge in [0.15, 0.2) is 11.7 Å². The summed E-state index contributed by atoms with van der Waals surface area (Å²) in [5.41, 5.74) is 0.584. The Bertz CT molecular complexity index is 614. The first kappa shape index (κ1) is 13.9. The van der Waals surface area contributed by atoms with Crippen LogP contribution in [0.25, 0.3) is 10.2 Å². The minimum Gasteiger partial charge on any atom is -0.440 e. The van der Waals surface area contributed by atoms with Crippen molar-refractivity contribution in [1.82, 2.24) is 4.98 Å². The number of anilines is 1. The molecule has 0 aliphatic rings. The molecule has 102 valence electrons. The molecule has 0 radical (unpaired) electrons. The van der Waals surface area contributed by atoms with Gasteiger partial charge in [-0.2, -0.15) is 13.2 Å². The zero-order valence-corrected chi connectivity index (χ0v) is 10.7. The van der Waals surface area contributed by atoms with Crippen LogP contribution in [0.1, 0.15) is 0 Å². The number of nitrogens with zero attached hydrogens (tertiary/aromatic N) is 1. The predicted molar refractivity (Wildman–Crippen MR) is 65.7 cm³/mol. The molecule has 1 heterocycles. The van der Waals surface area contributed by atoms with Gasteiger partial charge < -0.3 is 4.74 Å². The molecule has 1 N–H and O–H groups in total. The maximum absolute atomic E-state index is 11.8. The summed E-state index contributed by atoms with van der Waals surface area (Å²) in [5.74, 6) is 0. The number of carbonyl (C=O) groups is 1. The molecule has 1 amide bonds. The van der Waals surface area contributed by atoms with Gasteiger partial charge in [-0.25, -0.2) is 9.78 Å². The number of hydrogen-bond acceptors (Lipinski definition) is 4. The number of hydrogen-bond donors (Lipinski definition) is 1. The van der Waals surface area contributed by atoms with Gasteiger partial charge in [0.25, 0.3) is 0 Å². The first-order chi connectivity index (χ1) is 8.83. The minimum atomic E-state index is -4.56. The van der Waals surface area contributed by atoms with Crippen LogP contribution in [0.5, 0.6) is 0 Å². The summed E-state index contributed by atoms with van der Waals surface area (Å²) in [6.45, 7) is -1.64. The molecule has 1 aromatic heterocycles. The molecule has 9 heteroatoms. The summed E-state index contributed by atoms with van der Waals surface area (Å²) < 4.78 is 40.2. The summed E-state index contributed by atoms with van der Waals surface area (Å²) in [6.07, 6.45) is -5.76. The summed E-state index contributed by atoms with van der Waals surface area (Å²) >= 11 is 6.86. The highest BCUT2D eigenvalue weighted by molar-refractivity contribution is 7.22. The van der Waals surface area contributed by atoms with E-state index >= 15 is 0 Å². The third-order valence-corrected chi connectivity index (χ3v) is 3.10. The van der Waals surface area contributed by atoms with Crippen molar-refractivity contribution in [1.29, 1.82) is 0 Å². The van der Waals surface area contributed by atoms with E-state index in [1.165, 1.54) is 0 Å². The van der Waals surface area contributed by atoms with Crippen LogP contribution < -0.4 is 5.32 Å². The van der Waals surface area contributed by atoms with Gasteiger partial charge in [0.05, 0.1) is 10.2 Å². The fraction of sp³-hybridized carbons (Fsp3) is 0.200. The molecule has 0 spiro atoms. The molecule has 4 nitrogen and oxygen atoms in total. The number of alkyl halides is 3. The van der Waals surface area contributed by atoms with E-state index < -0.39 is 18.9 Å². The van der Waals surface area contributed by atoms with Crippen molar-refractivity contribution in [2.45, 2.75) is 6.18 Å². The van der Waals surface area contributed by atoms with Crippen LogP contribution in [-0.4, -0.2) is 23.9 Å². The Morgan fingerprint density at radius 3 is 2.89 bits per heavy atom. The molecule has 2 rings (SSSR count). The number of nitrogens with one attached hydrogen (secondary N) is 1. The van der Waals surface area contributed by atoms with Crippen molar-refractivity contribution >= 4 is 44.4 Å². The van der Waals surface area contributed by atoms with Crippen LogP contribution in [0.2, 0.25) is 5.02 Å². The van der Waals surface area contributed by atoms with Gasteiger partial charge in [0.1, 0.15) is 0 Å². The topological polar surface area (TPSA) is 51.2 Å². The average molecular weight is 311 g/mol. The van der Waals surface area contributed by atoms with E-state index in [0.29, 0.717) is 15.2 Å². The Morgan fingerprint density at radius 1 is 1.47 bits per heavy atom. The van der Waals surface area contributed by atoms with Crippen molar-refractivity contribution in [2.75, 3.05) is 11.9 Å². The largest absolute Gasteiger partial charge is 0.440 e. The van der Waals surface area contributed by atoms with Crippen LogP contribution in [0.3, 0.4) is 0 Å². The molecule has 0 aliphatic heterocycles. The molecule has 0 unspecified atom stereocenters. The van der Waals surface area contributed by atoms with Crippen LogP contribution in [0.15, 0.2) is 18.2 Å². The monoisotopic (exact) mass is 310 g/mol. The molecule has 0 atom stereocenters. The fourth-order valence-electron chi connectivity index (χ4n) is 1.22. The van der Waals surface area contributed by atoms with E-state index in [-0.39, 0.29) is 5.13 Å². The minimum absolute atomic E-state index is 0.143. The smallest absolute Gasteiger partial charge is 0.422 e. The van der Waals surface area contributed by atoms with Crippen molar-refractivity contribution in [2.24, 2.45) is 0 Å². The number of benzene rings is 1. The number of thiazole rings is 1. The van der Waals surface area contributed by atoms with Crippen molar-refractivity contribution < 1.29 is 22.7 Å². The van der Waals surface area contributed by atoms with E-state index in [2.05, 4.69) is 15.0 Å². The van der Waals surface area contributed by atoms with Gasteiger partial charge >= 0.3 is 12.3 Å². The lowest BCUT2D eigenvalue weighted by molar-refractivity contribution is -0.159. The van der Waals surface area contributed by atoms with E-state index in [1.807, 2.05) is 0 Å². The van der Waals surface area contributed by atoms with E-state index in [0.717, 1.165) is 11.3 Å². The predicted octanol–water partition coefficient (Wildman–Crippen LogP) is 4.06. The van der Waals surface area contributed by atoms with Crippen LogP contribution in [0, 0.1) is 0 Å². The maximum atomic E-state index is 11.8. The summed E-state index contributed by atoms with van der Waals surface area (Å²) in [6, 6.07) is 4.90. The van der Waals surface area contributed by atoms with E-state index in [9.17, 15) is 18.0 Å². The van der Waals surface area contributed by atoms with Gasteiger partial charge in [-0.05, 0) is 18.2 Å². The lowest BCUT2D eigenvalue weighted by Crippen LogP contribution is -2.23. The van der Waals surface area contributed by atoms with Crippen LogP contribution in [-0.2, 0) is 4.74 Å². The second-order valence-electron chi connectivity index (χ2n) is 3.45. The highest BCUT2D eigenvalue weighted by Gasteiger charge is 2.29. The number of rotatable bonds is 2. The van der Waals surface area contributed by atoms with Crippen molar-refractivity contribution in [3.63, 3.8) is 0 Å². The van der Waals surface area contributed by atoms with Crippen molar-refractivity contribution in [3.05, 3.63) is 23.2 Å². The van der Waals surface area contributed by atoms with Crippen molar-refractivity contribution in [3.8, 4) is 0 Å². The van der Waals surface area contributed by atoms with Gasteiger partial charge in [0, 0.05) is 5.02 Å². The summed E-state index contributed by atoms with van der Waals surface area (Å²) in [5, 5.41) is 2.77. The molecule has 0 saturated heterocycles. The van der Waals surface area contributed by atoms with E-state index in [4.69, 9.17) is 11.6 Å². The lowest BCUT2D eigenvalue weighted by Gasteiger charge is -2.07. The van der Waals surface area contributed by atoms with Crippen LogP contribution in [0.4, 0.5) is 23.1 Å². The SMILES string of the molecule is O=C(Nc1nc2ccc(Cl)cc2s1)OCC(F)(F)F. The maximum Gasteiger partial charge on any atom is 0.422 e. The normalized spacial score (nSPS) is 11.6. The highest BCUT2D eigenvalue weighted by atomic mass is 35.5. The van der Waals surface area contributed by atoms with Gasteiger partial charge in [-0.1, -0.05) is 22.9 Å². The molecular weight excluding hydrogens is 305 g/mol. The van der Waals surface area contributed by atoms with E-state index in [1.54, 1.807) is 18.2 Å². The summed E-state index contributed by atoms with van der Waals surface area (Å²) in [4.78, 5) is 15.1. The second-order valence-corrected chi connectivity index (χ2v) is 4.91. The Hall–Kier alpha value is -1.54. The summed E-state index contributed by atoms with van der Waals surface area (Å²) in [7, 11) is 0. The quantitative estimate of drug-likeness (QED) is 0.910. The number of amides is 1. The second kappa shape index (κ2) is 5.22. The number of carbonyl (C=O) groups excluding carboxylic acids is 1. The first-order valence-corrected chi connectivity index (χ1v) is 6.09. The molecule has 2 aromatic rings. The number of ether oxygens (including phenoxy) is 1. The third kappa shape index (κ3) is 3.97. The van der Waals surface area contributed by atoms with Gasteiger partial charge in [-0.15, -0.1) is 0 Å². The Labute approximate surface area is 114 Å². The highest BCUT2D eigenvalue weighted by Crippen LogP contribution is 2.28. The Morgan fingerprint density at radius 2 is 2.21 bits per heavy atom. The molecule has 0 saturated carbocycles.